The first-order valence-electron chi connectivity index (χ1n) is 8.92. The minimum atomic E-state index is -0.0542. The van der Waals surface area contributed by atoms with Crippen LogP contribution in [0.15, 0.2) is 35.6 Å². The highest BCUT2D eigenvalue weighted by atomic mass is 35.5. The Labute approximate surface area is 168 Å². The number of rotatable bonds is 6. The normalized spacial score (nSPS) is 11.5. The largest absolute Gasteiger partial charge is 0.331 e. The van der Waals surface area contributed by atoms with Crippen molar-refractivity contribution >= 4 is 46.1 Å². The van der Waals surface area contributed by atoms with Gasteiger partial charge in [-0.05, 0) is 29.0 Å². The van der Waals surface area contributed by atoms with E-state index in [4.69, 9.17) is 11.6 Å². The third-order valence-corrected chi connectivity index (χ3v) is 5.34. The van der Waals surface area contributed by atoms with Crippen LogP contribution >= 0.6 is 23.4 Å². The van der Waals surface area contributed by atoms with Crippen LogP contribution in [-0.4, -0.2) is 26.6 Å². The Morgan fingerprint density at radius 3 is 2.52 bits per heavy atom. The Bertz CT molecular complexity index is 942. The monoisotopic (exact) mass is 402 g/mol. The zero-order chi connectivity index (χ0) is 19.6. The molecule has 0 saturated heterocycles. The third kappa shape index (κ3) is 4.62. The first-order valence-corrected chi connectivity index (χ1v) is 10.3. The van der Waals surface area contributed by atoms with Gasteiger partial charge in [-0.3, -0.25) is 4.79 Å². The van der Waals surface area contributed by atoms with Crippen LogP contribution in [0.25, 0.3) is 11.2 Å². The number of nitrogens with one attached hydrogen (secondary N) is 2. The van der Waals surface area contributed by atoms with Crippen molar-refractivity contribution in [3.05, 3.63) is 46.6 Å². The summed E-state index contributed by atoms with van der Waals surface area (Å²) in [5.41, 5.74) is 4.60. The summed E-state index contributed by atoms with van der Waals surface area (Å²) in [5.74, 6) is 0.870. The summed E-state index contributed by atoms with van der Waals surface area (Å²) in [7, 11) is 0. The Balaban J connectivity index is 1.73. The van der Waals surface area contributed by atoms with Gasteiger partial charge in [0.05, 0.1) is 16.3 Å². The number of fused-ring (bicyclic) bond motifs is 1. The van der Waals surface area contributed by atoms with E-state index in [0.29, 0.717) is 27.7 Å². The van der Waals surface area contributed by atoms with Gasteiger partial charge in [-0.15, -0.1) is 0 Å². The fourth-order valence-electron chi connectivity index (χ4n) is 2.93. The molecule has 5 nitrogen and oxygen atoms in total. The Morgan fingerprint density at radius 2 is 1.89 bits per heavy atom. The number of benzene rings is 1. The molecule has 3 aromatic rings. The first kappa shape index (κ1) is 19.7. The van der Waals surface area contributed by atoms with Crippen LogP contribution in [0.2, 0.25) is 5.02 Å². The molecule has 0 radical (unpaired) electrons. The summed E-state index contributed by atoms with van der Waals surface area (Å²) in [4.78, 5) is 24.3. The molecule has 2 heterocycles. The Kier molecular flexibility index (Phi) is 6.07. The van der Waals surface area contributed by atoms with Crippen molar-refractivity contribution in [3.8, 4) is 0 Å². The maximum atomic E-state index is 12.6. The number of carbonyl (C=O) groups excluding carboxylic acids is 1. The van der Waals surface area contributed by atoms with Gasteiger partial charge >= 0.3 is 0 Å². The highest BCUT2D eigenvalue weighted by Crippen LogP contribution is 2.32. The number of hydrogen-bond donors (Lipinski definition) is 2. The van der Waals surface area contributed by atoms with Gasteiger partial charge in [-0.1, -0.05) is 69.3 Å². The van der Waals surface area contributed by atoms with Crippen molar-refractivity contribution < 1.29 is 4.79 Å². The van der Waals surface area contributed by atoms with Crippen molar-refractivity contribution in [2.24, 2.45) is 0 Å². The zero-order valence-corrected chi connectivity index (χ0v) is 17.4. The highest BCUT2D eigenvalue weighted by molar-refractivity contribution is 7.99. The summed E-state index contributed by atoms with van der Waals surface area (Å²) in [6.45, 7) is 8.54. The molecule has 142 valence electrons. The molecule has 0 spiro atoms. The molecular formula is C20H23ClN4OS. The molecule has 1 aromatic carbocycles. The lowest BCUT2D eigenvalue weighted by atomic mass is 9.92. The lowest BCUT2D eigenvalue weighted by Crippen LogP contribution is -2.17. The van der Waals surface area contributed by atoms with Crippen LogP contribution in [0, 0.1) is 0 Å². The van der Waals surface area contributed by atoms with E-state index in [1.165, 1.54) is 11.8 Å². The SMILES string of the molecule is CC(C)c1cccc(C(C)C)c1NC(=O)CSc1nc2ncc(Cl)cc2[nH]1. The standard InChI is InChI=1S/C20H23ClN4OS/c1-11(2)14-6-5-7-15(12(3)4)18(14)24-17(26)10-27-20-23-16-8-13(21)9-22-19(16)25-20/h5-9,11-12H,10H2,1-4H3,(H,24,26)(H,22,23,25). The number of hydrogen-bond acceptors (Lipinski definition) is 4. The number of H-pyrrole nitrogens is 1. The van der Waals surface area contributed by atoms with Gasteiger partial charge in [-0.2, -0.15) is 0 Å². The molecule has 0 aliphatic carbocycles. The van der Waals surface area contributed by atoms with Crippen LogP contribution in [0.1, 0.15) is 50.7 Å². The smallest absolute Gasteiger partial charge is 0.234 e. The minimum Gasteiger partial charge on any atom is -0.331 e. The summed E-state index contributed by atoms with van der Waals surface area (Å²) in [5, 5.41) is 4.31. The molecule has 2 N–H and O–H groups in total. The zero-order valence-electron chi connectivity index (χ0n) is 15.8. The Hall–Kier alpha value is -2.05. The summed E-state index contributed by atoms with van der Waals surface area (Å²) < 4.78 is 0. The third-order valence-electron chi connectivity index (χ3n) is 4.26. The second-order valence-electron chi connectivity index (χ2n) is 7.02. The van der Waals surface area contributed by atoms with E-state index >= 15 is 0 Å². The lowest BCUT2D eigenvalue weighted by Gasteiger charge is -2.20. The lowest BCUT2D eigenvalue weighted by molar-refractivity contribution is -0.113. The van der Waals surface area contributed by atoms with E-state index in [-0.39, 0.29) is 11.7 Å². The van der Waals surface area contributed by atoms with Gasteiger partial charge < -0.3 is 10.3 Å². The number of aromatic nitrogens is 3. The van der Waals surface area contributed by atoms with E-state index in [1.807, 2.05) is 0 Å². The average molecular weight is 403 g/mol. The van der Waals surface area contributed by atoms with Crippen molar-refractivity contribution in [3.63, 3.8) is 0 Å². The topological polar surface area (TPSA) is 70.7 Å². The van der Waals surface area contributed by atoms with E-state index in [9.17, 15) is 4.79 Å². The number of amides is 1. The molecule has 0 aliphatic rings. The number of thioether (sulfide) groups is 1. The number of nitrogens with zero attached hydrogens (tertiary/aromatic N) is 2. The maximum Gasteiger partial charge on any atom is 0.234 e. The summed E-state index contributed by atoms with van der Waals surface area (Å²) >= 11 is 7.29. The van der Waals surface area contributed by atoms with Gasteiger partial charge in [-0.25, -0.2) is 9.97 Å². The minimum absolute atomic E-state index is 0.0542. The molecule has 0 unspecified atom stereocenters. The Morgan fingerprint density at radius 1 is 1.22 bits per heavy atom. The first-order chi connectivity index (χ1) is 12.8. The number of para-hydroxylation sites is 1. The van der Waals surface area contributed by atoms with Crippen molar-refractivity contribution in [2.45, 2.75) is 44.7 Å². The van der Waals surface area contributed by atoms with E-state index < -0.39 is 0 Å². The van der Waals surface area contributed by atoms with Gasteiger partial charge in [0.25, 0.3) is 0 Å². The fourth-order valence-corrected chi connectivity index (χ4v) is 3.76. The molecule has 27 heavy (non-hydrogen) atoms. The van der Waals surface area contributed by atoms with Crippen LogP contribution in [0.3, 0.4) is 0 Å². The quantitative estimate of drug-likeness (QED) is 0.527. The molecule has 0 aliphatic heterocycles. The molecule has 0 fully saturated rings. The van der Waals surface area contributed by atoms with Gasteiger partial charge in [0.2, 0.25) is 5.91 Å². The highest BCUT2D eigenvalue weighted by Gasteiger charge is 2.16. The molecule has 3 rings (SSSR count). The predicted molar refractivity (Wildman–Crippen MR) is 113 cm³/mol. The van der Waals surface area contributed by atoms with Crippen LogP contribution in [0.5, 0.6) is 0 Å². The molecular weight excluding hydrogens is 380 g/mol. The average Bonchev–Trinajstić information content (AvgIpc) is 3.01. The maximum absolute atomic E-state index is 12.6. The fraction of sp³-hybridized carbons (Fsp3) is 0.350. The van der Waals surface area contributed by atoms with Crippen molar-refractivity contribution in [1.82, 2.24) is 15.0 Å². The summed E-state index contributed by atoms with van der Waals surface area (Å²) in [6.07, 6.45) is 1.56. The van der Waals surface area contributed by atoms with Crippen molar-refractivity contribution in [1.29, 1.82) is 0 Å². The number of anilines is 1. The van der Waals surface area contributed by atoms with Gasteiger partial charge in [0, 0.05) is 11.9 Å². The van der Waals surface area contributed by atoms with Gasteiger partial charge in [0.15, 0.2) is 10.8 Å². The van der Waals surface area contributed by atoms with Crippen LogP contribution in [-0.2, 0) is 4.79 Å². The molecule has 0 saturated carbocycles. The van der Waals surface area contributed by atoms with Crippen LogP contribution < -0.4 is 5.32 Å². The van der Waals surface area contributed by atoms with Gasteiger partial charge in [0.1, 0.15) is 0 Å². The van der Waals surface area contributed by atoms with Crippen molar-refractivity contribution in [2.75, 3.05) is 11.1 Å². The number of pyridine rings is 1. The second-order valence-corrected chi connectivity index (χ2v) is 8.42. The predicted octanol–water partition coefficient (Wildman–Crippen LogP) is 5.59. The number of halogens is 1. The molecule has 0 atom stereocenters. The van der Waals surface area contributed by atoms with E-state index in [0.717, 1.165) is 22.3 Å². The van der Waals surface area contributed by atoms with E-state index in [1.54, 1.807) is 12.3 Å². The molecule has 1 amide bonds. The molecule has 2 aromatic heterocycles. The second kappa shape index (κ2) is 8.31. The van der Waals surface area contributed by atoms with Crippen LogP contribution in [0.4, 0.5) is 5.69 Å². The number of aromatic amines is 1. The number of imidazole rings is 1. The number of carbonyl (C=O) groups is 1. The summed E-state index contributed by atoms with van der Waals surface area (Å²) in [6, 6.07) is 7.98. The molecule has 7 heteroatoms. The van der Waals surface area contributed by atoms with E-state index in [2.05, 4.69) is 66.2 Å². The molecule has 0 bridgehead atoms.